The van der Waals surface area contributed by atoms with Crippen LogP contribution < -0.4 is 0 Å². The molecule has 0 saturated carbocycles. The van der Waals surface area contributed by atoms with Gasteiger partial charge < -0.3 is 19.3 Å². The molecule has 0 aromatic heterocycles. The number of hydrogen-bond acceptors (Lipinski definition) is 9. The molecule has 0 unspecified atom stereocenters. The molecule has 1 aliphatic rings. The smallest absolute Gasteiger partial charge is 0.338 e. The number of carbonyl (C=O) groups excluding carboxylic acids is 2. The van der Waals surface area contributed by atoms with Crippen LogP contribution in [0.25, 0.3) is 0 Å². The third kappa shape index (κ3) is 5.49. The maximum atomic E-state index is 11.9. The standard InChI is InChI=1S/C15H18O9S/c1-9(16)22-13-12(24-25(2,19)20)11(23-15(13)18)8-21-14(17)10-6-4-3-5-7-10/h3-7,11-13,15,18H,8H2,1-2H3/t11-,12+,13-,15+/m1/s1. The zero-order chi connectivity index (χ0) is 18.6. The summed E-state index contributed by atoms with van der Waals surface area (Å²) in [5.74, 6) is -1.41. The van der Waals surface area contributed by atoms with Gasteiger partial charge in [-0.1, -0.05) is 18.2 Å². The minimum atomic E-state index is -3.95. The summed E-state index contributed by atoms with van der Waals surface area (Å²) in [5, 5.41) is 9.84. The molecule has 0 aliphatic carbocycles. The molecule has 1 saturated heterocycles. The monoisotopic (exact) mass is 374 g/mol. The summed E-state index contributed by atoms with van der Waals surface area (Å²) in [4.78, 5) is 23.1. The number of aliphatic hydroxyl groups is 1. The molecule has 0 amide bonds. The van der Waals surface area contributed by atoms with E-state index in [9.17, 15) is 23.1 Å². The van der Waals surface area contributed by atoms with E-state index in [1.165, 1.54) is 0 Å². The lowest BCUT2D eigenvalue weighted by molar-refractivity contribution is -0.170. The van der Waals surface area contributed by atoms with Crippen molar-refractivity contribution in [2.45, 2.75) is 31.5 Å². The van der Waals surface area contributed by atoms with Crippen molar-refractivity contribution >= 4 is 22.1 Å². The van der Waals surface area contributed by atoms with E-state index in [-0.39, 0.29) is 5.56 Å². The number of benzene rings is 1. The molecule has 25 heavy (non-hydrogen) atoms. The van der Waals surface area contributed by atoms with Gasteiger partial charge >= 0.3 is 11.9 Å². The normalized spacial score (nSPS) is 26.2. The van der Waals surface area contributed by atoms with E-state index in [4.69, 9.17) is 18.4 Å². The summed E-state index contributed by atoms with van der Waals surface area (Å²) in [6, 6.07) is 8.11. The molecule has 1 fully saturated rings. The fraction of sp³-hybridized carbons (Fsp3) is 0.467. The predicted molar refractivity (Wildman–Crippen MR) is 82.9 cm³/mol. The fourth-order valence-electron chi connectivity index (χ4n) is 2.29. The average molecular weight is 374 g/mol. The van der Waals surface area contributed by atoms with Crippen LogP contribution in [0.15, 0.2) is 30.3 Å². The molecule has 1 N–H and O–H groups in total. The molecular formula is C15H18O9S. The third-order valence-electron chi connectivity index (χ3n) is 3.26. The van der Waals surface area contributed by atoms with Crippen LogP contribution >= 0.6 is 0 Å². The molecule has 1 aromatic rings. The molecule has 0 bridgehead atoms. The number of rotatable bonds is 6. The van der Waals surface area contributed by atoms with E-state index in [0.717, 1.165) is 13.2 Å². The summed E-state index contributed by atoms with van der Waals surface area (Å²) in [6.45, 7) is 0.690. The minimum Gasteiger partial charge on any atom is -0.459 e. The second-order valence-electron chi connectivity index (χ2n) is 5.37. The van der Waals surface area contributed by atoms with Gasteiger partial charge in [0, 0.05) is 6.92 Å². The van der Waals surface area contributed by atoms with Crippen molar-refractivity contribution in [2.24, 2.45) is 0 Å². The van der Waals surface area contributed by atoms with Gasteiger partial charge in [0.05, 0.1) is 11.8 Å². The number of hydrogen-bond donors (Lipinski definition) is 1. The van der Waals surface area contributed by atoms with Crippen molar-refractivity contribution in [1.82, 2.24) is 0 Å². The second-order valence-corrected chi connectivity index (χ2v) is 6.97. The zero-order valence-electron chi connectivity index (χ0n) is 13.5. The first-order valence-corrected chi connectivity index (χ1v) is 9.10. The van der Waals surface area contributed by atoms with Crippen molar-refractivity contribution in [2.75, 3.05) is 12.9 Å². The van der Waals surface area contributed by atoms with Gasteiger partial charge in [-0.25, -0.2) is 4.79 Å². The maximum absolute atomic E-state index is 11.9. The minimum absolute atomic E-state index is 0.290. The topological polar surface area (TPSA) is 125 Å². The Morgan fingerprint density at radius 1 is 1.20 bits per heavy atom. The van der Waals surface area contributed by atoms with Crippen LogP contribution in [0, 0.1) is 0 Å². The molecule has 1 aliphatic heterocycles. The first kappa shape index (κ1) is 19.3. The van der Waals surface area contributed by atoms with Crippen molar-refractivity contribution in [3.05, 3.63) is 35.9 Å². The Bertz CT molecular complexity index is 716. The summed E-state index contributed by atoms with van der Waals surface area (Å²) in [7, 11) is -3.95. The molecular weight excluding hydrogens is 356 g/mol. The lowest BCUT2D eigenvalue weighted by Gasteiger charge is -2.21. The Kier molecular flexibility index (Phi) is 6.11. The van der Waals surface area contributed by atoms with Gasteiger partial charge in [-0.15, -0.1) is 0 Å². The Balaban J connectivity index is 2.08. The number of ether oxygens (including phenoxy) is 3. The van der Waals surface area contributed by atoms with Crippen LogP contribution in [0.4, 0.5) is 0 Å². The fourth-order valence-corrected chi connectivity index (χ4v) is 2.93. The highest BCUT2D eigenvalue weighted by Crippen LogP contribution is 2.27. The lowest BCUT2D eigenvalue weighted by atomic mass is 10.1. The van der Waals surface area contributed by atoms with Crippen LogP contribution in [0.5, 0.6) is 0 Å². The first-order valence-electron chi connectivity index (χ1n) is 7.28. The summed E-state index contributed by atoms with van der Waals surface area (Å²) >= 11 is 0. The maximum Gasteiger partial charge on any atom is 0.338 e. The Hall–Kier alpha value is -2.01. The van der Waals surface area contributed by atoms with Crippen molar-refractivity contribution < 1.29 is 41.5 Å². The summed E-state index contributed by atoms with van der Waals surface area (Å²) < 4.78 is 42.8. The highest BCUT2D eigenvalue weighted by Gasteiger charge is 2.49. The quantitative estimate of drug-likeness (QED) is 0.534. The van der Waals surface area contributed by atoms with Crippen LogP contribution in [0.1, 0.15) is 17.3 Å². The molecule has 1 heterocycles. The average Bonchev–Trinajstić information content (AvgIpc) is 2.80. The summed E-state index contributed by atoms with van der Waals surface area (Å²) in [5.41, 5.74) is 0.290. The van der Waals surface area contributed by atoms with Crippen LogP contribution in [-0.2, 0) is 33.3 Å². The Morgan fingerprint density at radius 2 is 1.84 bits per heavy atom. The van der Waals surface area contributed by atoms with E-state index in [2.05, 4.69) is 0 Å². The molecule has 2 rings (SSSR count). The van der Waals surface area contributed by atoms with Gasteiger partial charge in [0.1, 0.15) is 18.8 Å². The number of carbonyl (C=O) groups is 2. The Labute approximate surface area is 144 Å². The number of aliphatic hydroxyl groups excluding tert-OH is 1. The first-order chi connectivity index (χ1) is 11.7. The molecule has 1 aromatic carbocycles. The van der Waals surface area contributed by atoms with Gasteiger partial charge in [0.2, 0.25) is 0 Å². The van der Waals surface area contributed by atoms with Gasteiger partial charge in [-0.05, 0) is 12.1 Å². The molecule has 10 heteroatoms. The molecule has 9 nitrogen and oxygen atoms in total. The zero-order valence-corrected chi connectivity index (χ0v) is 14.3. The van der Waals surface area contributed by atoms with E-state index in [0.29, 0.717) is 0 Å². The molecule has 138 valence electrons. The van der Waals surface area contributed by atoms with Gasteiger partial charge in [0.15, 0.2) is 12.4 Å². The highest BCUT2D eigenvalue weighted by molar-refractivity contribution is 7.86. The van der Waals surface area contributed by atoms with Gasteiger partial charge in [0.25, 0.3) is 10.1 Å². The largest absolute Gasteiger partial charge is 0.459 e. The molecule has 4 atom stereocenters. The van der Waals surface area contributed by atoms with E-state index >= 15 is 0 Å². The van der Waals surface area contributed by atoms with E-state index in [1.54, 1.807) is 30.3 Å². The third-order valence-corrected chi connectivity index (χ3v) is 3.83. The Morgan fingerprint density at radius 3 is 2.40 bits per heavy atom. The predicted octanol–water partition coefficient (Wildman–Crippen LogP) is -0.163. The van der Waals surface area contributed by atoms with Crippen molar-refractivity contribution in [3.8, 4) is 0 Å². The van der Waals surface area contributed by atoms with Crippen molar-refractivity contribution in [3.63, 3.8) is 0 Å². The van der Waals surface area contributed by atoms with Crippen LogP contribution in [-0.4, -0.2) is 62.9 Å². The highest BCUT2D eigenvalue weighted by atomic mass is 32.2. The van der Waals surface area contributed by atoms with E-state index < -0.39 is 53.3 Å². The van der Waals surface area contributed by atoms with E-state index in [1.807, 2.05) is 0 Å². The molecule has 0 spiro atoms. The SMILES string of the molecule is CC(=O)O[C@@H]1[C@@H](OS(C)(=O)=O)[C@@H](COC(=O)c2ccccc2)O[C@@H]1O. The number of esters is 2. The van der Waals surface area contributed by atoms with Crippen LogP contribution in [0.3, 0.4) is 0 Å². The second kappa shape index (κ2) is 7.91. The van der Waals surface area contributed by atoms with Crippen LogP contribution in [0.2, 0.25) is 0 Å². The molecule has 0 radical (unpaired) electrons. The van der Waals surface area contributed by atoms with Gasteiger partial charge in [-0.2, -0.15) is 8.42 Å². The lowest BCUT2D eigenvalue weighted by Crippen LogP contribution is -2.41. The summed E-state index contributed by atoms with van der Waals surface area (Å²) in [6.07, 6.45) is -4.67. The van der Waals surface area contributed by atoms with Crippen molar-refractivity contribution in [1.29, 1.82) is 0 Å². The van der Waals surface area contributed by atoms with Gasteiger partial charge in [-0.3, -0.25) is 8.98 Å².